The number of carbonyl (C=O) groups excluding carboxylic acids is 1. The topological polar surface area (TPSA) is 93.9 Å². The molecule has 0 aliphatic carbocycles. The zero-order valence-electron chi connectivity index (χ0n) is 21.2. The molecule has 1 unspecified atom stereocenters. The molecule has 1 aliphatic heterocycles. The minimum absolute atomic E-state index is 0.173. The summed E-state index contributed by atoms with van der Waals surface area (Å²) >= 11 is 0. The molecule has 0 saturated carbocycles. The smallest absolute Gasteiger partial charge is 0.275 e. The van der Waals surface area contributed by atoms with E-state index in [0.29, 0.717) is 48.4 Å². The average molecular weight is 492 g/mol. The number of rotatable bonds is 8. The summed E-state index contributed by atoms with van der Waals surface area (Å²) in [6.07, 6.45) is 1.95. The van der Waals surface area contributed by atoms with Crippen LogP contribution in [0.3, 0.4) is 0 Å². The Bertz CT molecular complexity index is 1260. The number of amides is 1. The van der Waals surface area contributed by atoms with Crippen molar-refractivity contribution < 1.29 is 19.4 Å². The third kappa shape index (κ3) is 4.94. The van der Waals surface area contributed by atoms with E-state index in [1.165, 1.54) is 18.8 Å². The van der Waals surface area contributed by atoms with Gasteiger partial charge in [0.2, 0.25) is 5.88 Å². The predicted molar refractivity (Wildman–Crippen MR) is 137 cm³/mol. The number of para-hydroxylation sites is 1. The fourth-order valence-electron chi connectivity index (χ4n) is 4.71. The standard InChI is InChI=1S/C28H33N3O5/c1-18(2)13-14-23-29-26(32)24(27(33)30-16-15-20(17-30)19-9-6-5-7-10-19)28(34)31(23)25-21(35-3)11-8-12-22(25)36-4/h5-12,18,20,32H,13-17H2,1-4H3. The second kappa shape index (κ2) is 10.8. The number of hydrogen-bond donors (Lipinski definition) is 1. The van der Waals surface area contributed by atoms with E-state index >= 15 is 0 Å². The van der Waals surface area contributed by atoms with Crippen LogP contribution in [0, 0.1) is 5.92 Å². The van der Waals surface area contributed by atoms with Crippen molar-refractivity contribution in [1.29, 1.82) is 0 Å². The molecule has 1 saturated heterocycles. The van der Waals surface area contributed by atoms with E-state index in [2.05, 4.69) is 18.8 Å². The number of likely N-dealkylation sites (tertiary alicyclic amines) is 1. The van der Waals surface area contributed by atoms with Crippen LogP contribution in [0.2, 0.25) is 0 Å². The molecule has 8 heteroatoms. The summed E-state index contributed by atoms with van der Waals surface area (Å²) in [4.78, 5) is 33.5. The Kier molecular flexibility index (Phi) is 7.62. The van der Waals surface area contributed by atoms with E-state index < -0.39 is 17.3 Å². The van der Waals surface area contributed by atoms with Gasteiger partial charge in [-0.25, -0.2) is 0 Å². The molecule has 8 nitrogen and oxygen atoms in total. The summed E-state index contributed by atoms with van der Waals surface area (Å²) in [6.45, 7) is 5.10. The number of methoxy groups -OCH3 is 2. The van der Waals surface area contributed by atoms with Crippen LogP contribution in [0.5, 0.6) is 17.4 Å². The Hall–Kier alpha value is -3.81. The van der Waals surface area contributed by atoms with Gasteiger partial charge in [-0.3, -0.25) is 14.2 Å². The maximum atomic E-state index is 13.9. The summed E-state index contributed by atoms with van der Waals surface area (Å²) < 4.78 is 12.5. The van der Waals surface area contributed by atoms with Gasteiger partial charge in [-0.2, -0.15) is 4.98 Å². The van der Waals surface area contributed by atoms with Gasteiger partial charge in [-0.1, -0.05) is 50.2 Å². The van der Waals surface area contributed by atoms with E-state index in [1.54, 1.807) is 23.1 Å². The minimum Gasteiger partial charge on any atom is -0.494 e. The fourth-order valence-corrected chi connectivity index (χ4v) is 4.71. The second-order valence-corrected chi connectivity index (χ2v) is 9.46. The third-order valence-electron chi connectivity index (χ3n) is 6.66. The number of benzene rings is 2. The molecular weight excluding hydrogens is 458 g/mol. The lowest BCUT2D eigenvalue weighted by Crippen LogP contribution is -2.37. The molecule has 190 valence electrons. The van der Waals surface area contributed by atoms with Crippen molar-refractivity contribution in [2.24, 2.45) is 5.92 Å². The van der Waals surface area contributed by atoms with Crippen LogP contribution in [0.15, 0.2) is 53.3 Å². The average Bonchev–Trinajstić information content (AvgIpc) is 3.38. The van der Waals surface area contributed by atoms with Crippen LogP contribution in [-0.4, -0.2) is 52.8 Å². The number of ether oxygens (including phenoxy) is 2. The summed E-state index contributed by atoms with van der Waals surface area (Å²) in [6, 6.07) is 15.2. The normalized spacial score (nSPS) is 15.4. The van der Waals surface area contributed by atoms with Gasteiger partial charge in [0.25, 0.3) is 11.5 Å². The van der Waals surface area contributed by atoms with Crippen LogP contribution >= 0.6 is 0 Å². The first-order valence-electron chi connectivity index (χ1n) is 12.3. The number of hydrogen-bond acceptors (Lipinski definition) is 6. The largest absolute Gasteiger partial charge is 0.494 e. The molecule has 4 rings (SSSR count). The summed E-state index contributed by atoms with van der Waals surface area (Å²) in [5.41, 5.74) is 0.522. The number of nitrogens with zero attached hydrogens (tertiary/aromatic N) is 3. The molecule has 0 spiro atoms. The monoisotopic (exact) mass is 491 g/mol. The van der Waals surface area contributed by atoms with Gasteiger partial charge in [0, 0.05) is 25.4 Å². The summed E-state index contributed by atoms with van der Waals surface area (Å²) in [7, 11) is 3.01. The predicted octanol–water partition coefficient (Wildman–Crippen LogP) is 4.17. The van der Waals surface area contributed by atoms with Gasteiger partial charge in [-0.05, 0) is 36.5 Å². The Morgan fingerprint density at radius 2 is 1.75 bits per heavy atom. The van der Waals surface area contributed by atoms with Crippen molar-refractivity contribution in [3.63, 3.8) is 0 Å². The maximum Gasteiger partial charge on any atom is 0.275 e. The van der Waals surface area contributed by atoms with Crippen LogP contribution in [0.25, 0.3) is 5.69 Å². The lowest BCUT2D eigenvalue weighted by Gasteiger charge is -2.21. The summed E-state index contributed by atoms with van der Waals surface area (Å²) in [5.74, 6) is 0.592. The molecule has 1 aromatic heterocycles. The lowest BCUT2D eigenvalue weighted by molar-refractivity contribution is 0.0784. The number of aromatic hydroxyl groups is 1. The molecule has 1 atom stereocenters. The molecule has 1 aliphatic rings. The van der Waals surface area contributed by atoms with Crippen molar-refractivity contribution in [2.45, 2.75) is 39.0 Å². The van der Waals surface area contributed by atoms with Crippen LogP contribution in [0.4, 0.5) is 0 Å². The molecule has 0 radical (unpaired) electrons. The van der Waals surface area contributed by atoms with Gasteiger partial charge >= 0.3 is 0 Å². The Labute approximate surface area is 211 Å². The van der Waals surface area contributed by atoms with E-state index in [-0.39, 0.29) is 11.5 Å². The minimum atomic E-state index is -0.641. The van der Waals surface area contributed by atoms with E-state index in [4.69, 9.17) is 9.47 Å². The molecule has 1 N–H and O–H groups in total. The van der Waals surface area contributed by atoms with Crippen molar-refractivity contribution >= 4 is 5.91 Å². The number of aromatic nitrogens is 2. The number of carbonyl (C=O) groups is 1. The van der Waals surface area contributed by atoms with Gasteiger partial charge < -0.3 is 19.5 Å². The zero-order chi connectivity index (χ0) is 25.8. The highest BCUT2D eigenvalue weighted by Crippen LogP contribution is 2.34. The second-order valence-electron chi connectivity index (χ2n) is 9.46. The van der Waals surface area contributed by atoms with Gasteiger partial charge in [0.05, 0.1) is 14.2 Å². The van der Waals surface area contributed by atoms with Gasteiger partial charge in [-0.15, -0.1) is 0 Å². The highest BCUT2D eigenvalue weighted by molar-refractivity contribution is 5.96. The Morgan fingerprint density at radius 3 is 2.36 bits per heavy atom. The van der Waals surface area contributed by atoms with Crippen LogP contribution in [-0.2, 0) is 6.42 Å². The molecule has 0 bridgehead atoms. The SMILES string of the molecule is COc1cccc(OC)c1-n1c(CCC(C)C)nc(O)c(C(=O)N2CCC(c3ccccc3)C2)c1=O. The first kappa shape index (κ1) is 25.3. The molecular formula is C28H33N3O5. The van der Waals surface area contributed by atoms with E-state index in [1.807, 2.05) is 30.3 Å². The molecule has 1 fully saturated rings. The number of aryl methyl sites for hydroxylation is 1. The molecule has 2 heterocycles. The van der Waals surface area contributed by atoms with Crippen molar-refractivity contribution in [3.8, 4) is 23.1 Å². The first-order valence-corrected chi connectivity index (χ1v) is 12.3. The maximum absolute atomic E-state index is 13.9. The Morgan fingerprint density at radius 1 is 1.08 bits per heavy atom. The highest BCUT2D eigenvalue weighted by atomic mass is 16.5. The highest BCUT2D eigenvalue weighted by Gasteiger charge is 2.33. The quantitative estimate of drug-likeness (QED) is 0.508. The van der Waals surface area contributed by atoms with Gasteiger partial charge in [0.15, 0.2) is 5.56 Å². The van der Waals surface area contributed by atoms with Crippen molar-refractivity contribution in [2.75, 3.05) is 27.3 Å². The summed E-state index contributed by atoms with van der Waals surface area (Å²) in [5, 5.41) is 10.8. The zero-order valence-corrected chi connectivity index (χ0v) is 21.2. The van der Waals surface area contributed by atoms with Crippen LogP contribution in [0.1, 0.15) is 54.4 Å². The first-order chi connectivity index (χ1) is 17.3. The molecule has 2 aromatic carbocycles. The van der Waals surface area contributed by atoms with Crippen molar-refractivity contribution in [3.05, 3.63) is 75.8 Å². The molecule has 1 amide bonds. The molecule has 36 heavy (non-hydrogen) atoms. The van der Waals surface area contributed by atoms with Crippen LogP contribution < -0.4 is 15.0 Å². The van der Waals surface area contributed by atoms with E-state index in [9.17, 15) is 14.7 Å². The van der Waals surface area contributed by atoms with Crippen molar-refractivity contribution in [1.82, 2.24) is 14.5 Å². The fraction of sp³-hybridized carbons (Fsp3) is 0.393. The lowest BCUT2D eigenvalue weighted by atomic mass is 9.99. The third-order valence-corrected chi connectivity index (χ3v) is 6.66. The molecule has 3 aromatic rings. The van der Waals surface area contributed by atoms with Gasteiger partial charge in [0.1, 0.15) is 23.0 Å². The Balaban J connectivity index is 1.81. The van der Waals surface area contributed by atoms with E-state index in [0.717, 1.165) is 18.4 Å².